The maximum atomic E-state index is 13.5. The topological polar surface area (TPSA) is 12.0 Å². The molecule has 1 aromatic carbocycles. The highest BCUT2D eigenvalue weighted by Crippen LogP contribution is 2.30. The summed E-state index contributed by atoms with van der Waals surface area (Å²) in [6.07, 6.45) is 0.740. The Morgan fingerprint density at radius 3 is 2.72 bits per heavy atom. The number of hydrogen-bond donors (Lipinski definition) is 1. The van der Waals surface area contributed by atoms with E-state index in [9.17, 15) is 8.78 Å². The summed E-state index contributed by atoms with van der Waals surface area (Å²) in [4.78, 5) is 0. The molecule has 96 valence electrons. The van der Waals surface area contributed by atoms with Gasteiger partial charge < -0.3 is 5.32 Å². The molecule has 1 aromatic heterocycles. The number of likely N-dealkylation sites (N-methyl/N-ethyl adjacent to an activating group) is 1. The lowest BCUT2D eigenvalue weighted by molar-refractivity contribution is 0.495. The zero-order valence-corrected chi connectivity index (χ0v) is 12.1. The Morgan fingerprint density at radius 2 is 2.11 bits per heavy atom. The van der Waals surface area contributed by atoms with Gasteiger partial charge in [-0.2, -0.15) is 11.3 Å². The van der Waals surface area contributed by atoms with Crippen LogP contribution in [0.5, 0.6) is 0 Å². The zero-order chi connectivity index (χ0) is 13.1. The highest BCUT2D eigenvalue weighted by atomic mass is 79.9. The predicted molar refractivity (Wildman–Crippen MR) is 73.9 cm³/mol. The first-order chi connectivity index (χ1) is 8.63. The average Bonchev–Trinajstić information content (AvgIpc) is 2.87. The minimum atomic E-state index is -0.837. The highest BCUT2D eigenvalue weighted by molar-refractivity contribution is 9.10. The molecule has 18 heavy (non-hydrogen) atoms. The van der Waals surface area contributed by atoms with E-state index in [1.807, 2.05) is 18.5 Å². The van der Waals surface area contributed by atoms with Gasteiger partial charge in [-0.1, -0.05) is 6.07 Å². The van der Waals surface area contributed by atoms with Gasteiger partial charge in [-0.3, -0.25) is 0 Å². The third-order valence-electron chi connectivity index (χ3n) is 2.81. The molecule has 0 aliphatic heterocycles. The summed E-state index contributed by atoms with van der Waals surface area (Å²) in [6, 6.07) is 4.75. The normalized spacial score (nSPS) is 12.7. The van der Waals surface area contributed by atoms with E-state index in [-0.39, 0.29) is 10.5 Å². The molecule has 0 bridgehead atoms. The molecule has 2 rings (SSSR count). The average molecular weight is 332 g/mol. The summed E-state index contributed by atoms with van der Waals surface area (Å²) in [5.41, 5.74) is 1.90. The first-order valence-electron chi connectivity index (χ1n) is 5.45. The summed E-state index contributed by atoms with van der Waals surface area (Å²) in [5, 5.41) is 7.19. The van der Waals surface area contributed by atoms with Gasteiger partial charge in [-0.25, -0.2) is 8.78 Å². The molecule has 0 amide bonds. The summed E-state index contributed by atoms with van der Waals surface area (Å²) in [7, 11) is 1.81. The molecule has 0 saturated carbocycles. The molecule has 0 fully saturated rings. The summed E-state index contributed by atoms with van der Waals surface area (Å²) < 4.78 is 26.8. The lowest BCUT2D eigenvalue weighted by atomic mass is 10.0. The third-order valence-corrected chi connectivity index (χ3v) is 4.35. The molecule has 1 unspecified atom stereocenters. The van der Waals surface area contributed by atoms with Crippen molar-refractivity contribution in [3.8, 4) is 0 Å². The Morgan fingerprint density at radius 1 is 1.33 bits per heavy atom. The minimum absolute atomic E-state index is 0.0518. The monoisotopic (exact) mass is 331 g/mol. The van der Waals surface area contributed by atoms with E-state index in [2.05, 4.69) is 26.6 Å². The van der Waals surface area contributed by atoms with Crippen molar-refractivity contribution in [1.29, 1.82) is 0 Å². The number of nitrogens with one attached hydrogen (secondary N) is 1. The Balaban J connectivity index is 2.30. The lowest BCUT2D eigenvalue weighted by Gasteiger charge is -2.18. The van der Waals surface area contributed by atoms with E-state index in [4.69, 9.17) is 0 Å². The van der Waals surface area contributed by atoms with Crippen LogP contribution in [-0.4, -0.2) is 7.05 Å². The van der Waals surface area contributed by atoms with Crippen molar-refractivity contribution in [1.82, 2.24) is 5.32 Å². The van der Waals surface area contributed by atoms with Gasteiger partial charge in [-0.05, 0) is 63.4 Å². The number of halogens is 3. The highest BCUT2D eigenvalue weighted by Gasteiger charge is 2.18. The van der Waals surface area contributed by atoms with Crippen molar-refractivity contribution in [2.45, 2.75) is 12.5 Å². The second-order valence-corrected chi connectivity index (χ2v) is 5.51. The molecule has 1 N–H and O–H groups in total. The molecule has 2 aromatic rings. The molecular weight excluding hydrogens is 320 g/mol. The molecule has 5 heteroatoms. The van der Waals surface area contributed by atoms with Crippen LogP contribution in [0.3, 0.4) is 0 Å². The molecular formula is C13H12BrF2NS. The summed E-state index contributed by atoms with van der Waals surface area (Å²) >= 11 is 4.75. The summed E-state index contributed by atoms with van der Waals surface area (Å²) in [6.45, 7) is 0. The predicted octanol–water partition coefficient (Wildman–Crippen LogP) is 4.29. The maximum Gasteiger partial charge on any atom is 0.173 e. The Hall–Kier alpha value is -0.780. The zero-order valence-electron chi connectivity index (χ0n) is 9.71. The number of thiophene rings is 1. The SMILES string of the molecule is CNC(Cc1ccsc1)c1ccc(F)c(F)c1Br. The second kappa shape index (κ2) is 5.91. The quantitative estimate of drug-likeness (QED) is 0.824. The third kappa shape index (κ3) is 2.79. The second-order valence-electron chi connectivity index (χ2n) is 3.94. The van der Waals surface area contributed by atoms with Gasteiger partial charge in [0.15, 0.2) is 11.6 Å². The van der Waals surface area contributed by atoms with E-state index in [1.54, 1.807) is 17.4 Å². The van der Waals surface area contributed by atoms with Crippen molar-refractivity contribution >= 4 is 27.3 Å². The number of hydrogen-bond acceptors (Lipinski definition) is 2. The molecule has 0 saturated heterocycles. The molecule has 0 radical (unpaired) electrons. The fourth-order valence-corrected chi connectivity index (χ4v) is 3.10. The van der Waals surface area contributed by atoms with Gasteiger partial charge in [0.05, 0.1) is 4.47 Å². The van der Waals surface area contributed by atoms with E-state index in [0.717, 1.165) is 18.1 Å². The van der Waals surface area contributed by atoms with E-state index < -0.39 is 11.6 Å². The summed E-state index contributed by atoms with van der Waals surface area (Å²) in [5.74, 6) is -1.67. The van der Waals surface area contributed by atoms with Gasteiger partial charge in [0.2, 0.25) is 0 Å². The van der Waals surface area contributed by atoms with E-state index in [0.29, 0.717) is 0 Å². The van der Waals surface area contributed by atoms with Gasteiger partial charge >= 0.3 is 0 Å². The Labute approximate surface area is 117 Å². The smallest absolute Gasteiger partial charge is 0.173 e. The van der Waals surface area contributed by atoms with Crippen LogP contribution >= 0.6 is 27.3 Å². The fraction of sp³-hybridized carbons (Fsp3) is 0.231. The standard InChI is InChI=1S/C13H12BrF2NS/c1-17-11(6-8-4-5-18-7-8)9-2-3-10(15)13(16)12(9)14/h2-5,7,11,17H,6H2,1H3. The first-order valence-corrected chi connectivity index (χ1v) is 7.18. The van der Waals surface area contributed by atoms with Crippen molar-refractivity contribution < 1.29 is 8.78 Å². The lowest BCUT2D eigenvalue weighted by Crippen LogP contribution is -2.19. The van der Waals surface area contributed by atoms with Crippen LogP contribution in [0.2, 0.25) is 0 Å². The van der Waals surface area contributed by atoms with Crippen molar-refractivity contribution in [2.75, 3.05) is 7.05 Å². The Bertz CT molecular complexity index is 528. The largest absolute Gasteiger partial charge is 0.313 e. The van der Waals surface area contributed by atoms with Gasteiger partial charge in [0.1, 0.15) is 0 Å². The number of rotatable bonds is 4. The molecule has 0 spiro atoms. The van der Waals surface area contributed by atoms with Gasteiger partial charge in [-0.15, -0.1) is 0 Å². The van der Waals surface area contributed by atoms with E-state index >= 15 is 0 Å². The van der Waals surface area contributed by atoms with Crippen molar-refractivity contribution in [2.24, 2.45) is 0 Å². The van der Waals surface area contributed by atoms with Crippen LogP contribution in [0.1, 0.15) is 17.2 Å². The van der Waals surface area contributed by atoms with Crippen molar-refractivity contribution in [3.05, 3.63) is 56.2 Å². The van der Waals surface area contributed by atoms with Gasteiger partial charge in [0, 0.05) is 6.04 Å². The van der Waals surface area contributed by atoms with Crippen LogP contribution in [0.4, 0.5) is 8.78 Å². The molecule has 1 atom stereocenters. The minimum Gasteiger partial charge on any atom is -0.313 e. The fourth-order valence-electron chi connectivity index (χ4n) is 1.82. The first kappa shape index (κ1) is 13.6. The van der Waals surface area contributed by atoms with Crippen LogP contribution in [0.15, 0.2) is 33.4 Å². The number of benzene rings is 1. The van der Waals surface area contributed by atoms with E-state index in [1.165, 1.54) is 5.56 Å². The van der Waals surface area contributed by atoms with Crippen LogP contribution in [0.25, 0.3) is 0 Å². The molecule has 0 aliphatic carbocycles. The molecule has 0 aliphatic rings. The molecule has 1 nitrogen and oxygen atoms in total. The maximum absolute atomic E-state index is 13.5. The molecule has 1 heterocycles. The van der Waals surface area contributed by atoms with Crippen LogP contribution in [-0.2, 0) is 6.42 Å². The Kier molecular flexibility index (Phi) is 4.48. The van der Waals surface area contributed by atoms with Crippen LogP contribution < -0.4 is 5.32 Å². The van der Waals surface area contributed by atoms with Gasteiger partial charge in [0.25, 0.3) is 0 Å². The van der Waals surface area contributed by atoms with Crippen LogP contribution in [0, 0.1) is 11.6 Å². The van der Waals surface area contributed by atoms with Crippen molar-refractivity contribution in [3.63, 3.8) is 0 Å².